The molecule has 2 saturated heterocycles. The van der Waals surface area contributed by atoms with Gasteiger partial charge in [-0.1, -0.05) is 32.9 Å². The van der Waals surface area contributed by atoms with Crippen LogP contribution in [0.15, 0.2) is 22.7 Å². The van der Waals surface area contributed by atoms with Crippen molar-refractivity contribution in [1.29, 1.82) is 0 Å². The number of halogens is 1. The van der Waals surface area contributed by atoms with Crippen molar-refractivity contribution in [2.45, 2.75) is 84.3 Å². The van der Waals surface area contributed by atoms with Crippen molar-refractivity contribution in [3.05, 3.63) is 35.6 Å². The van der Waals surface area contributed by atoms with Crippen LogP contribution in [0.2, 0.25) is 0 Å². The second-order valence-electron chi connectivity index (χ2n) is 12.1. The summed E-state index contributed by atoms with van der Waals surface area (Å²) < 4.78 is 27.5. The lowest BCUT2D eigenvalue weighted by atomic mass is 9.88. The third-order valence-electron chi connectivity index (χ3n) is 7.71. The summed E-state index contributed by atoms with van der Waals surface area (Å²) >= 11 is 0. The average molecular weight is 527 g/mol. The van der Waals surface area contributed by atoms with E-state index in [1.165, 1.54) is 10.7 Å². The molecule has 0 aliphatic carbocycles. The van der Waals surface area contributed by atoms with Crippen LogP contribution in [0.25, 0.3) is 16.9 Å². The molecule has 2 aliphatic heterocycles. The third-order valence-corrected chi connectivity index (χ3v) is 7.71. The van der Waals surface area contributed by atoms with Crippen LogP contribution in [0.1, 0.15) is 84.2 Å². The number of fused-ring (bicyclic) bond motifs is 1. The Hall–Kier alpha value is -3.01. The van der Waals surface area contributed by atoms with E-state index in [0.717, 1.165) is 43.4 Å². The number of rotatable bonds is 4. The van der Waals surface area contributed by atoms with Crippen molar-refractivity contribution in [2.24, 2.45) is 5.92 Å². The fraction of sp³-hybridized carbons (Fsp3) is 0.643. The zero-order valence-corrected chi connectivity index (χ0v) is 23.3. The first-order valence-electron chi connectivity index (χ1n) is 13.7. The standard InChI is InChI=1S/C28H39FN6O3/c1-17(2)23-20-8-7-9-21(29)24(20)35(31-23)26-30-25(38-32-26)19-10-13-33(14-11-19)22-12-15-34(16-18(22)3)27(36)37-28(4,5)6/h7-9,17-19,22H,10-16H2,1-6H3. The number of nitrogens with zero attached hydrogens (tertiary/aromatic N) is 6. The molecule has 4 heterocycles. The second kappa shape index (κ2) is 10.3. The van der Waals surface area contributed by atoms with Crippen LogP contribution >= 0.6 is 0 Å². The fourth-order valence-electron chi connectivity index (χ4n) is 5.84. The molecule has 2 fully saturated rings. The van der Waals surface area contributed by atoms with Crippen molar-refractivity contribution in [2.75, 3.05) is 26.2 Å². The molecule has 2 atom stereocenters. The first-order chi connectivity index (χ1) is 18.0. The molecule has 3 aromatic rings. The SMILES string of the molecule is CC(C)c1nn(-c2noc(C3CCN(C4CCN(C(=O)OC(C)(C)C)CC4C)CC3)n2)c2c(F)cccc12. The minimum absolute atomic E-state index is 0.134. The van der Waals surface area contributed by atoms with Gasteiger partial charge in [0, 0.05) is 30.4 Å². The highest BCUT2D eigenvalue weighted by atomic mass is 19.1. The normalized spacial score (nSPS) is 21.9. The van der Waals surface area contributed by atoms with Gasteiger partial charge in [0.1, 0.15) is 16.9 Å². The summed E-state index contributed by atoms with van der Waals surface area (Å²) in [4.78, 5) is 21.5. The Kier molecular flexibility index (Phi) is 7.19. The van der Waals surface area contributed by atoms with Crippen LogP contribution < -0.4 is 0 Å². The first-order valence-corrected chi connectivity index (χ1v) is 13.7. The molecule has 0 spiro atoms. The topological polar surface area (TPSA) is 89.5 Å². The van der Waals surface area contributed by atoms with Crippen molar-refractivity contribution in [3.8, 4) is 5.95 Å². The van der Waals surface area contributed by atoms with Crippen molar-refractivity contribution in [1.82, 2.24) is 29.7 Å². The number of para-hydroxylation sites is 1. The number of hydrogen-bond donors (Lipinski definition) is 0. The summed E-state index contributed by atoms with van der Waals surface area (Å²) in [5, 5.41) is 9.60. The molecule has 5 rings (SSSR count). The highest BCUT2D eigenvalue weighted by Gasteiger charge is 2.36. The van der Waals surface area contributed by atoms with Gasteiger partial charge in [-0.2, -0.15) is 14.8 Å². The number of likely N-dealkylation sites (tertiary alicyclic amines) is 2. The van der Waals surface area contributed by atoms with Crippen LogP contribution in [-0.2, 0) is 4.74 Å². The second-order valence-corrected chi connectivity index (χ2v) is 12.1. The Labute approximate surface area is 223 Å². The maximum atomic E-state index is 14.8. The van der Waals surface area contributed by atoms with E-state index in [1.54, 1.807) is 6.07 Å². The number of carbonyl (C=O) groups is 1. The van der Waals surface area contributed by atoms with E-state index in [0.29, 0.717) is 36.5 Å². The van der Waals surface area contributed by atoms with Gasteiger partial charge in [0.25, 0.3) is 5.95 Å². The number of carbonyl (C=O) groups excluding carboxylic acids is 1. The zero-order valence-electron chi connectivity index (χ0n) is 23.3. The molecule has 0 N–H and O–H groups in total. The van der Waals surface area contributed by atoms with Gasteiger partial charge in [0.2, 0.25) is 5.89 Å². The highest BCUT2D eigenvalue weighted by molar-refractivity contribution is 5.84. The van der Waals surface area contributed by atoms with Gasteiger partial charge in [-0.25, -0.2) is 9.18 Å². The number of aromatic nitrogens is 4. The Morgan fingerprint density at radius 3 is 2.55 bits per heavy atom. The summed E-state index contributed by atoms with van der Waals surface area (Å²) in [6.07, 6.45) is 2.53. The summed E-state index contributed by atoms with van der Waals surface area (Å²) in [7, 11) is 0. The van der Waals surface area contributed by atoms with E-state index in [9.17, 15) is 9.18 Å². The maximum Gasteiger partial charge on any atom is 0.410 e. The highest BCUT2D eigenvalue weighted by Crippen LogP contribution is 2.33. The lowest BCUT2D eigenvalue weighted by Crippen LogP contribution is -2.53. The molecule has 2 unspecified atom stereocenters. The van der Waals surface area contributed by atoms with Gasteiger partial charge in [0.05, 0.1) is 5.69 Å². The molecule has 2 aliphatic rings. The third kappa shape index (κ3) is 5.28. The van der Waals surface area contributed by atoms with Gasteiger partial charge in [-0.15, -0.1) is 0 Å². The van der Waals surface area contributed by atoms with Gasteiger partial charge >= 0.3 is 6.09 Å². The predicted molar refractivity (Wildman–Crippen MR) is 142 cm³/mol. The summed E-state index contributed by atoms with van der Waals surface area (Å²) in [5.41, 5.74) is 0.708. The van der Waals surface area contributed by atoms with Crippen molar-refractivity contribution in [3.63, 3.8) is 0 Å². The summed E-state index contributed by atoms with van der Waals surface area (Å²) in [5.74, 6) is 1.15. The smallest absolute Gasteiger partial charge is 0.410 e. The van der Waals surface area contributed by atoms with Crippen LogP contribution in [0, 0.1) is 11.7 Å². The quantitative estimate of drug-likeness (QED) is 0.444. The molecule has 38 heavy (non-hydrogen) atoms. The van der Waals surface area contributed by atoms with E-state index in [2.05, 4.69) is 27.1 Å². The number of hydrogen-bond acceptors (Lipinski definition) is 7. The first kappa shape index (κ1) is 26.6. The molecular formula is C28H39FN6O3. The lowest BCUT2D eigenvalue weighted by Gasteiger charge is -2.44. The Morgan fingerprint density at radius 1 is 1.16 bits per heavy atom. The summed E-state index contributed by atoms with van der Waals surface area (Å²) in [6, 6.07) is 5.45. The van der Waals surface area contributed by atoms with Crippen LogP contribution in [0.4, 0.5) is 9.18 Å². The van der Waals surface area contributed by atoms with E-state index in [-0.39, 0.29) is 29.7 Å². The summed E-state index contributed by atoms with van der Waals surface area (Å²) in [6.45, 7) is 15.3. The predicted octanol–water partition coefficient (Wildman–Crippen LogP) is 5.50. The van der Waals surface area contributed by atoms with Crippen molar-refractivity contribution < 1.29 is 18.4 Å². The van der Waals surface area contributed by atoms with Gasteiger partial charge in [-0.3, -0.25) is 4.90 Å². The Balaban J connectivity index is 1.23. The monoisotopic (exact) mass is 526 g/mol. The molecule has 1 aromatic carbocycles. The number of piperidine rings is 2. The van der Waals surface area contributed by atoms with Crippen LogP contribution in [0.5, 0.6) is 0 Å². The van der Waals surface area contributed by atoms with Gasteiger partial charge in [-0.05, 0) is 76.2 Å². The zero-order chi connectivity index (χ0) is 27.2. The fourth-order valence-corrected chi connectivity index (χ4v) is 5.84. The van der Waals surface area contributed by atoms with E-state index < -0.39 is 5.60 Å². The molecule has 0 bridgehead atoms. The molecule has 0 radical (unpaired) electrons. The maximum absolute atomic E-state index is 14.8. The average Bonchev–Trinajstić information content (AvgIpc) is 3.49. The molecule has 206 valence electrons. The Bertz CT molecular complexity index is 1290. The van der Waals surface area contributed by atoms with Gasteiger partial charge < -0.3 is 14.2 Å². The lowest BCUT2D eigenvalue weighted by molar-refractivity contribution is 0.000528. The molecule has 0 saturated carbocycles. The van der Waals surface area contributed by atoms with Crippen LogP contribution in [-0.4, -0.2) is 73.6 Å². The van der Waals surface area contributed by atoms with E-state index in [4.69, 9.17) is 9.26 Å². The van der Waals surface area contributed by atoms with E-state index >= 15 is 0 Å². The molecular weight excluding hydrogens is 487 g/mol. The van der Waals surface area contributed by atoms with Gasteiger partial charge in [0.15, 0.2) is 0 Å². The molecule has 9 nitrogen and oxygen atoms in total. The number of amides is 1. The van der Waals surface area contributed by atoms with E-state index in [1.807, 2.05) is 45.6 Å². The minimum atomic E-state index is -0.483. The van der Waals surface area contributed by atoms with Crippen molar-refractivity contribution >= 4 is 17.0 Å². The molecule has 2 aromatic heterocycles. The molecule has 1 amide bonds. The largest absolute Gasteiger partial charge is 0.444 e. The minimum Gasteiger partial charge on any atom is -0.444 e. The molecule has 10 heteroatoms. The Morgan fingerprint density at radius 2 is 1.89 bits per heavy atom. The van der Waals surface area contributed by atoms with Crippen LogP contribution in [0.3, 0.4) is 0 Å². The number of benzene rings is 1. The number of ether oxygens (including phenoxy) is 1.